The fourth-order valence-electron chi connectivity index (χ4n) is 2.17. The van der Waals surface area contributed by atoms with Crippen molar-refractivity contribution >= 4 is 16.1 Å². The SMILES string of the molecule is CCNC(=O)N1CCN(S(=O)(=O)c2cccc(F)c2)CC1. The Morgan fingerprint density at radius 1 is 1.29 bits per heavy atom. The minimum atomic E-state index is -3.71. The van der Waals surface area contributed by atoms with Crippen LogP contribution < -0.4 is 5.32 Å². The highest BCUT2D eigenvalue weighted by atomic mass is 32.2. The van der Waals surface area contributed by atoms with Gasteiger partial charge < -0.3 is 10.2 Å². The van der Waals surface area contributed by atoms with E-state index in [1.54, 1.807) is 4.90 Å². The molecule has 1 saturated heterocycles. The molecule has 0 radical (unpaired) electrons. The molecule has 1 aromatic rings. The Labute approximate surface area is 123 Å². The lowest BCUT2D eigenvalue weighted by Crippen LogP contribution is -2.53. The average molecular weight is 315 g/mol. The second kappa shape index (κ2) is 6.40. The number of carbonyl (C=O) groups excluding carboxylic acids is 1. The van der Waals surface area contributed by atoms with Crippen LogP contribution in [0, 0.1) is 5.82 Å². The predicted octanol–water partition coefficient (Wildman–Crippen LogP) is 0.861. The van der Waals surface area contributed by atoms with E-state index in [1.807, 2.05) is 6.92 Å². The molecule has 2 rings (SSSR count). The first-order chi connectivity index (χ1) is 9.95. The van der Waals surface area contributed by atoms with E-state index in [9.17, 15) is 17.6 Å². The topological polar surface area (TPSA) is 69.7 Å². The van der Waals surface area contributed by atoms with Crippen LogP contribution in [-0.4, -0.2) is 56.4 Å². The molecular formula is C13H18FN3O3S. The number of carbonyl (C=O) groups is 1. The van der Waals surface area contributed by atoms with Gasteiger partial charge in [0.1, 0.15) is 5.82 Å². The molecule has 21 heavy (non-hydrogen) atoms. The second-order valence-corrected chi connectivity index (χ2v) is 6.62. The number of hydrogen-bond donors (Lipinski definition) is 1. The van der Waals surface area contributed by atoms with E-state index >= 15 is 0 Å². The van der Waals surface area contributed by atoms with Gasteiger partial charge in [0.05, 0.1) is 4.90 Å². The monoisotopic (exact) mass is 315 g/mol. The molecule has 0 aliphatic carbocycles. The number of benzene rings is 1. The van der Waals surface area contributed by atoms with Crippen LogP contribution in [0.2, 0.25) is 0 Å². The minimum Gasteiger partial charge on any atom is -0.338 e. The summed E-state index contributed by atoms with van der Waals surface area (Å²) in [5.41, 5.74) is 0. The number of nitrogens with zero attached hydrogens (tertiary/aromatic N) is 2. The Kier molecular flexibility index (Phi) is 4.79. The van der Waals surface area contributed by atoms with Crippen LogP contribution in [-0.2, 0) is 10.0 Å². The van der Waals surface area contributed by atoms with E-state index < -0.39 is 15.8 Å². The number of amides is 2. The van der Waals surface area contributed by atoms with Crippen molar-refractivity contribution in [1.29, 1.82) is 0 Å². The molecule has 0 aromatic heterocycles. The van der Waals surface area contributed by atoms with Gasteiger partial charge in [0, 0.05) is 32.7 Å². The van der Waals surface area contributed by atoms with Gasteiger partial charge >= 0.3 is 6.03 Å². The van der Waals surface area contributed by atoms with E-state index in [0.29, 0.717) is 19.6 Å². The number of hydrogen-bond acceptors (Lipinski definition) is 3. The quantitative estimate of drug-likeness (QED) is 0.899. The molecule has 1 aliphatic rings. The highest BCUT2D eigenvalue weighted by Crippen LogP contribution is 2.18. The molecule has 1 fully saturated rings. The van der Waals surface area contributed by atoms with Crippen LogP contribution in [0.4, 0.5) is 9.18 Å². The maximum Gasteiger partial charge on any atom is 0.317 e. The van der Waals surface area contributed by atoms with Crippen LogP contribution in [0.5, 0.6) is 0 Å². The van der Waals surface area contributed by atoms with E-state index in [-0.39, 0.29) is 24.0 Å². The van der Waals surface area contributed by atoms with Gasteiger partial charge in [0.25, 0.3) is 0 Å². The molecule has 0 unspecified atom stereocenters. The van der Waals surface area contributed by atoms with Crippen LogP contribution in [0.25, 0.3) is 0 Å². The van der Waals surface area contributed by atoms with Crippen LogP contribution in [0.1, 0.15) is 6.92 Å². The summed E-state index contributed by atoms with van der Waals surface area (Å²) in [4.78, 5) is 13.2. The normalized spacial score (nSPS) is 16.8. The van der Waals surface area contributed by atoms with Gasteiger partial charge in [-0.3, -0.25) is 0 Å². The highest BCUT2D eigenvalue weighted by molar-refractivity contribution is 7.89. The zero-order chi connectivity index (χ0) is 15.5. The lowest BCUT2D eigenvalue weighted by molar-refractivity contribution is 0.173. The van der Waals surface area contributed by atoms with Gasteiger partial charge in [-0.1, -0.05) is 6.07 Å². The molecule has 2 amide bonds. The van der Waals surface area contributed by atoms with Crippen molar-refractivity contribution in [2.45, 2.75) is 11.8 Å². The predicted molar refractivity (Wildman–Crippen MR) is 75.8 cm³/mol. The summed E-state index contributed by atoms with van der Waals surface area (Å²) in [7, 11) is -3.71. The third kappa shape index (κ3) is 3.51. The Morgan fingerprint density at radius 3 is 2.52 bits per heavy atom. The number of nitrogens with one attached hydrogen (secondary N) is 1. The molecule has 116 valence electrons. The molecular weight excluding hydrogens is 297 g/mol. The van der Waals surface area contributed by atoms with Gasteiger partial charge in [-0.05, 0) is 25.1 Å². The van der Waals surface area contributed by atoms with Gasteiger partial charge in [0.15, 0.2) is 0 Å². The minimum absolute atomic E-state index is 0.0611. The number of urea groups is 1. The summed E-state index contributed by atoms with van der Waals surface area (Å²) in [6.45, 7) is 3.40. The highest BCUT2D eigenvalue weighted by Gasteiger charge is 2.30. The Hall–Kier alpha value is -1.67. The Bertz CT molecular complexity index is 613. The van der Waals surface area contributed by atoms with Crippen molar-refractivity contribution in [3.63, 3.8) is 0 Å². The fraction of sp³-hybridized carbons (Fsp3) is 0.462. The molecule has 0 spiro atoms. The van der Waals surface area contributed by atoms with Crippen molar-refractivity contribution in [2.75, 3.05) is 32.7 Å². The van der Waals surface area contributed by atoms with Crippen molar-refractivity contribution in [2.24, 2.45) is 0 Å². The van der Waals surface area contributed by atoms with Crippen molar-refractivity contribution in [3.05, 3.63) is 30.1 Å². The van der Waals surface area contributed by atoms with Crippen molar-refractivity contribution in [1.82, 2.24) is 14.5 Å². The van der Waals surface area contributed by atoms with E-state index in [1.165, 1.54) is 22.5 Å². The number of rotatable bonds is 3. The summed E-state index contributed by atoms with van der Waals surface area (Å²) in [6, 6.07) is 4.75. The summed E-state index contributed by atoms with van der Waals surface area (Å²) in [5, 5.41) is 2.68. The van der Waals surface area contributed by atoms with Gasteiger partial charge in [-0.25, -0.2) is 17.6 Å². The molecule has 1 heterocycles. The second-order valence-electron chi connectivity index (χ2n) is 4.68. The molecule has 1 aromatic carbocycles. The molecule has 0 saturated carbocycles. The molecule has 0 atom stereocenters. The third-order valence-electron chi connectivity index (χ3n) is 3.29. The zero-order valence-electron chi connectivity index (χ0n) is 11.8. The Balaban J connectivity index is 2.06. The first-order valence-corrected chi connectivity index (χ1v) is 8.17. The molecule has 6 nitrogen and oxygen atoms in total. The maximum absolute atomic E-state index is 13.2. The summed E-state index contributed by atoms with van der Waals surface area (Å²) >= 11 is 0. The molecule has 1 aliphatic heterocycles. The van der Waals surface area contributed by atoms with Gasteiger partial charge in [-0.15, -0.1) is 0 Å². The molecule has 0 bridgehead atoms. The summed E-state index contributed by atoms with van der Waals surface area (Å²) in [5.74, 6) is -0.586. The smallest absolute Gasteiger partial charge is 0.317 e. The standard InChI is InChI=1S/C13H18FN3O3S/c1-2-15-13(18)16-6-8-17(9-7-16)21(19,20)12-5-3-4-11(14)10-12/h3-5,10H,2,6-9H2,1H3,(H,15,18). The van der Waals surface area contributed by atoms with E-state index in [2.05, 4.69) is 5.32 Å². The largest absolute Gasteiger partial charge is 0.338 e. The van der Waals surface area contributed by atoms with E-state index in [4.69, 9.17) is 0 Å². The van der Waals surface area contributed by atoms with E-state index in [0.717, 1.165) is 6.07 Å². The number of halogens is 1. The molecule has 8 heteroatoms. The number of sulfonamides is 1. The maximum atomic E-state index is 13.2. The Morgan fingerprint density at radius 2 is 1.95 bits per heavy atom. The average Bonchev–Trinajstić information content (AvgIpc) is 2.47. The van der Waals surface area contributed by atoms with Crippen LogP contribution >= 0.6 is 0 Å². The fourth-order valence-corrected chi connectivity index (χ4v) is 3.63. The van der Waals surface area contributed by atoms with Gasteiger partial charge in [-0.2, -0.15) is 4.31 Å². The first-order valence-electron chi connectivity index (χ1n) is 6.73. The number of piperazine rings is 1. The summed E-state index contributed by atoms with van der Waals surface area (Å²) < 4.78 is 39.2. The first kappa shape index (κ1) is 15.7. The lowest BCUT2D eigenvalue weighted by Gasteiger charge is -2.33. The van der Waals surface area contributed by atoms with Crippen molar-refractivity contribution < 1.29 is 17.6 Å². The van der Waals surface area contributed by atoms with Gasteiger partial charge in [0.2, 0.25) is 10.0 Å². The van der Waals surface area contributed by atoms with Crippen molar-refractivity contribution in [3.8, 4) is 0 Å². The summed E-state index contributed by atoms with van der Waals surface area (Å²) in [6.07, 6.45) is 0. The molecule has 1 N–H and O–H groups in total. The van der Waals surface area contributed by atoms with Crippen LogP contribution in [0.15, 0.2) is 29.2 Å². The zero-order valence-corrected chi connectivity index (χ0v) is 12.6. The van der Waals surface area contributed by atoms with Crippen LogP contribution in [0.3, 0.4) is 0 Å². The third-order valence-corrected chi connectivity index (χ3v) is 5.18. The lowest BCUT2D eigenvalue weighted by atomic mass is 10.3.